The Labute approximate surface area is 105 Å². The van der Waals surface area contributed by atoms with Crippen molar-refractivity contribution in [2.24, 2.45) is 0 Å². The summed E-state index contributed by atoms with van der Waals surface area (Å²) in [6.45, 7) is 3.21. The topological polar surface area (TPSA) is 72.2 Å². The lowest BCUT2D eigenvalue weighted by Gasteiger charge is -2.15. The number of hydrogen-bond acceptors (Lipinski definition) is 3. The minimum Gasteiger partial charge on any atom is -0.325 e. The molecule has 1 aromatic rings. The Balaban J connectivity index is 3.00. The van der Waals surface area contributed by atoms with Gasteiger partial charge in [-0.1, -0.05) is 15.9 Å². The van der Waals surface area contributed by atoms with Gasteiger partial charge in [0, 0.05) is 6.07 Å². The van der Waals surface area contributed by atoms with Gasteiger partial charge in [0.1, 0.15) is 5.82 Å². The predicted molar refractivity (Wildman–Crippen MR) is 64.7 cm³/mol. The quantitative estimate of drug-likeness (QED) is 0.530. The van der Waals surface area contributed by atoms with Crippen LogP contribution in [0.1, 0.15) is 13.8 Å². The fourth-order valence-corrected chi connectivity index (χ4v) is 1.13. The van der Waals surface area contributed by atoms with Crippen molar-refractivity contribution < 1.29 is 14.1 Å². The van der Waals surface area contributed by atoms with Crippen molar-refractivity contribution in [3.8, 4) is 0 Å². The second kappa shape index (κ2) is 4.79. The molecule has 0 aliphatic heterocycles. The van der Waals surface area contributed by atoms with Crippen LogP contribution in [0.25, 0.3) is 0 Å². The summed E-state index contributed by atoms with van der Waals surface area (Å²) >= 11 is 3.13. The Kier molecular flexibility index (Phi) is 3.82. The van der Waals surface area contributed by atoms with Gasteiger partial charge in [-0.15, -0.1) is 0 Å². The van der Waals surface area contributed by atoms with Gasteiger partial charge in [-0.05, 0) is 19.9 Å². The molecule has 1 amide bonds. The number of nitrogens with zero attached hydrogens (tertiary/aromatic N) is 1. The van der Waals surface area contributed by atoms with Crippen LogP contribution >= 0.6 is 15.9 Å². The molecule has 1 rings (SSSR count). The molecule has 0 fully saturated rings. The Morgan fingerprint density at radius 1 is 1.47 bits per heavy atom. The van der Waals surface area contributed by atoms with E-state index in [4.69, 9.17) is 0 Å². The summed E-state index contributed by atoms with van der Waals surface area (Å²) < 4.78 is 12.2. The van der Waals surface area contributed by atoms with Gasteiger partial charge in [0.15, 0.2) is 0 Å². The molecule has 0 saturated heterocycles. The van der Waals surface area contributed by atoms with Crippen molar-refractivity contribution >= 4 is 33.2 Å². The molecular weight excluding hydrogens is 295 g/mol. The van der Waals surface area contributed by atoms with E-state index in [9.17, 15) is 19.3 Å². The van der Waals surface area contributed by atoms with E-state index in [1.54, 1.807) is 13.8 Å². The lowest BCUT2D eigenvalue weighted by atomic mass is 10.2. The van der Waals surface area contributed by atoms with Crippen LogP contribution in [-0.4, -0.2) is 15.2 Å². The Hall–Kier alpha value is -1.50. The van der Waals surface area contributed by atoms with Crippen LogP contribution in [0.5, 0.6) is 0 Å². The smallest absolute Gasteiger partial charge is 0.274 e. The molecule has 0 spiro atoms. The highest BCUT2D eigenvalue weighted by Gasteiger charge is 2.24. The van der Waals surface area contributed by atoms with Gasteiger partial charge in [-0.3, -0.25) is 14.9 Å². The Bertz CT molecular complexity index is 471. The average molecular weight is 305 g/mol. The first kappa shape index (κ1) is 13.6. The number of benzene rings is 1. The van der Waals surface area contributed by atoms with E-state index >= 15 is 0 Å². The molecule has 0 aromatic heterocycles. The maximum atomic E-state index is 13.1. The molecule has 0 saturated carbocycles. The number of carbonyl (C=O) groups is 1. The van der Waals surface area contributed by atoms with E-state index in [1.165, 1.54) is 0 Å². The summed E-state index contributed by atoms with van der Waals surface area (Å²) in [4.78, 5) is 21.4. The number of nitro groups is 1. The largest absolute Gasteiger partial charge is 0.325 e. The van der Waals surface area contributed by atoms with Gasteiger partial charge >= 0.3 is 0 Å². The first-order valence-electron chi connectivity index (χ1n) is 4.65. The van der Waals surface area contributed by atoms with Gasteiger partial charge in [0.25, 0.3) is 5.69 Å². The molecule has 0 atom stereocenters. The number of amides is 1. The number of hydrogen-bond donors (Lipinski definition) is 1. The molecule has 17 heavy (non-hydrogen) atoms. The van der Waals surface area contributed by atoms with Crippen LogP contribution < -0.4 is 5.32 Å². The monoisotopic (exact) mass is 304 g/mol. The maximum absolute atomic E-state index is 13.1. The summed E-state index contributed by atoms with van der Waals surface area (Å²) in [5.41, 5.74) is -0.359. The molecule has 5 nitrogen and oxygen atoms in total. The van der Waals surface area contributed by atoms with E-state index in [0.717, 1.165) is 18.2 Å². The van der Waals surface area contributed by atoms with E-state index in [2.05, 4.69) is 21.2 Å². The summed E-state index contributed by atoms with van der Waals surface area (Å²) in [5.74, 6) is -1.20. The van der Waals surface area contributed by atoms with Gasteiger partial charge in [0.2, 0.25) is 5.91 Å². The summed E-state index contributed by atoms with van der Waals surface area (Å²) in [6, 6.07) is 2.90. The molecule has 7 heteroatoms. The summed E-state index contributed by atoms with van der Waals surface area (Å²) in [7, 11) is 0. The minimum atomic E-state index is -0.839. The summed E-state index contributed by atoms with van der Waals surface area (Å²) in [5, 5.41) is 12.9. The highest BCUT2D eigenvalue weighted by Crippen LogP contribution is 2.23. The lowest BCUT2D eigenvalue weighted by molar-refractivity contribution is -0.385. The van der Waals surface area contributed by atoms with Crippen molar-refractivity contribution in [1.29, 1.82) is 0 Å². The third-order valence-electron chi connectivity index (χ3n) is 1.89. The van der Waals surface area contributed by atoms with Crippen molar-refractivity contribution in [2.75, 3.05) is 5.32 Å². The third kappa shape index (κ3) is 3.77. The maximum Gasteiger partial charge on any atom is 0.274 e. The Morgan fingerprint density at radius 3 is 2.53 bits per heavy atom. The van der Waals surface area contributed by atoms with Crippen molar-refractivity contribution in [3.05, 3.63) is 34.1 Å². The van der Waals surface area contributed by atoms with Crippen LogP contribution in [0.2, 0.25) is 0 Å². The molecule has 0 radical (unpaired) electrons. The number of nitrogens with one attached hydrogen (secondary N) is 1. The lowest BCUT2D eigenvalue weighted by Crippen LogP contribution is -2.31. The van der Waals surface area contributed by atoms with Crippen LogP contribution in [0.3, 0.4) is 0 Å². The van der Waals surface area contributed by atoms with Crippen LogP contribution in [0, 0.1) is 15.9 Å². The third-order valence-corrected chi connectivity index (χ3v) is 2.25. The Morgan fingerprint density at radius 2 is 2.06 bits per heavy atom. The van der Waals surface area contributed by atoms with Crippen molar-refractivity contribution in [1.82, 2.24) is 0 Å². The fourth-order valence-electron chi connectivity index (χ4n) is 1.03. The predicted octanol–water partition coefficient (Wildman–Crippen LogP) is 2.85. The van der Waals surface area contributed by atoms with Crippen LogP contribution in [0.4, 0.5) is 15.8 Å². The van der Waals surface area contributed by atoms with Gasteiger partial charge < -0.3 is 5.32 Å². The van der Waals surface area contributed by atoms with E-state index in [1.807, 2.05) is 0 Å². The SMILES string of the molecule is CC(C)(Br)C(=O)Nc1cc(F)cc([N+](=O)[O-])c1. The molecule has 92 valence electrons. The normalized spacial score (nSPS) is 11.1. The molecule has 0 bridgehead atoms. The second-order valence-electron chi connectivity index (χ2n) is 3.88. The first-order chi connectivity index (χ1) is 7.70. The number of nitro benzene ring substituents is 1. The molecule has 0 aliphatic rings. The van der Waals surface area contributed by atoms with Gasteiger partial charge in [-0.2, -0.15) is 0 Å². The number of carbonyl (C=O) groups excluding carboxylic acids is 1. The molecule has 0 heterocycles. The zero-order chi connectivity index (χ0) is 13.2. The average Bonchev–Trinajstić information content (AvgIpc) is 2.14. The van der Waals surface area contributed by atoms with E-state index < -0.39 is 26.7 Å². The van der Waals surface area contributed by atoms with Gasteiger partial charge in [0.05, 0.1) is 21.0 Å². The zero-order valence-corrected chi connectivity index (χ0v) is 10.7. The standard InChI is InChI=1S/C10H10BrFN2O3/c1-10(2,11)9(15)13-7-3-6(12)4-8(5-7)14(16)17/h3-5H,1-2H3,(H,13,15). The number of non-ortho nitro benzene ring substituents is 1. The van der Waals surface area contributed by atoms with Crippen molar-refractivity contribution in [2.45, 2.75) is 18.2 Å². The molecule has 0 aliphatic carbocycles. The van der Waals surface area contributed by atoms with Crippen molar-refractivity contribution in [3.63, 3.8) is 0 Å². The number of alkyl halides is 1. The molecule has 1 aromatic carbocycles. The van der Waals surface area contributed by atoms with Gasteiger partial charge in [-0.25, -0.2) is 4.39 Å². The number of rotatable bonds is 3. The second-order valence-corrected chi connectivity index (χ2v) is 5.86. The van der Waals surface area contributed by atoms with Crippen LogP contribution in [0.15, 0.2) is 18.2 Å². The summed E-state index contributed by atoms with van der Waals surface area (Å²) in [6.07, 6.45) is 0. The molecule has 1 N–H and O–H groups in total. The number of halogens is 2. The van der Waals surface area contributed by atoms with E-state index in [-0.39, 0.29) is 5.69 Å². The molecular formula is C10H10BrFN2O3. The minimum absolute atomic E-state index is 0.0502. The fraction of sp³-hybridized carbons (Fsp3) is 0.300. The first-order valence-corrected chi connectivity index (χ1v) is 5.45. The highest BCUT2D eigenvalue weighted by molar-refractivity contribution is 9.10. The highest BCUT2D eigenvalue weighted by atomic mass is 79.9. The van der Waals surface area contributed by atoms with Crippen LogP contribution in [-0.2, 0) is 4.79 Å². The molecule has 0 unspecified atom stereocenters. The van der Waals surface area contributed by atoms with E-state index in [0.29, 0.717) is 0 Å². The number of anilines is 1. The zero-order valence-electron chi connectivity index (χ0n) is 9.16.